The van der Waals surface area contributed by atoms with Crippen molar-refractivity contribution in [3.05, 3.63) is 47.6 Å². The summed E-state index contributed by atoms with van der Waals surface area (Å²) in [6, 6.07) is 7.84. The SMILES string of the molecule is COc1ccc(/C=C/C2=CC(C)=[N+](C)C(=O)C2C)cc1.[O-][Cl+3]([O-])([O-])[O-]. The first kappa shape index (κ1) is 21.0. The molecule has 0 fully saturated rings. The number of hydrogen-bond acceptors (Lipinski definition) is 6. The van der Waals surface area contributed by atoms with Gasteiger partial charge in [0.15, 0.2) is 5.71 Å². The minimum Gasteiger partial charge on any atom is -0.497 e. The summed E-state index contributed by atoms with van der Waals surface area (Å²) < 4.78 is 40.8. The predicted octanol–water partition coefficient (Wildman–Crippen LogP) is -1.84. The minimum atomic E-state index is -4.94. The fourth-order valence-electron chi connectivity index (χ4n) is 2.17. The van der Waals surface area contributed by atoms with E-state index in [1.165, 1.54) is 0 Å². The van der Waals surface area contributed by atoms with Crippen molar-refractivity contribution >= 4 is 17.7 Å². The first-order valence-corrected chi connectivity index (χ1v) is 8.53. The first-order valence-electron chi connectivity index (χ1n) is 7.29. The highest BCUT2D eigenvalue weighted by atomic mass is 35.7. The molecule has 1 aliphatic heterocycles. The van der Waals surface area contributed by atoms with Crippen LogP contribution in [0.2, 0.25) is 0 Å². The Bertz CT molecular complexity index is 695. The summed E-state index contributed by atoms with van der Waals surface area (Å²) in [5.74, 6) is 0.881. The predicted molar refractivity (Wildman–Crippen MR) is 81.1 cm³/mol. The molecule has 25 heavy (non-hydrogen) atoms. The van der Waals surface area contributed by atoms with Gasteiger partial charge in [0, 0.05) is 13.0 Å². The highest BCUT2D eigenvalue weighted by Crippen LogP contribution is 2.20. The smallest absolute Gasteiger partial charge is 0.394 e. The van der Waals surface area contributed by atoms with Gasteiger partial charge in [-0.25, -0.2) is 23.4 Å². The van der Waals surface area contributed by atoms with Crippen molar-refractivity contribution in [3.63, 3.8) is 0 Å². The number of halogens is 1. The zero-order chi connectivity index (χ0) is 19.2. The number of methoxy groups -OCH3 is 1. The molecule has 0 saturated carbocycles. The molecule has 7 nitrogen and oxygen atoms in total. The molecule has 1 aliphatic rings. The number of rotatable bonds is 3. The molecule has 0 aliphatic carbocycles. The fraction of sp³-hybridized carbons (Fsp3) is 0.294. The molecule has 0 saturated heterocycles. The van der Waals surface area contributed by atoms with Crippen molar-refractivity contribution in [1.82, 2.24) is 0 Å². The average Bonchev–Trinajstić information content (AvgIpc) is 2.54. The molecular formula is C17H20ClNO6. The van der Waals surface area contributed by atoms with Crippen molar-refractivity contribution in [3.8, 4) is 5.75 Å². The molecule has 1 heterocycles. The molecule has 8 heteroatoms. The third-order valence-electron chi connectivity index (χ3n) is 3.69. The topological polar surface area (TPSA) is 122 Å². The molecule has 1 amide bonds. The quantitative estimate of drug-likeness (QED) is 0.577. The molecule has 0 bridgehead atoms. The number of nitrogens with zero attached hydrogens (tertiary/aromatic N) is 1. The van der Waals surface area contributed by atoms with Crippen LogP contribution >= 0.6 is 0 Å². The van der Waals surface area contributed by atoms with Crippen LogP contribution in [0.4, 0.5) is 0 Å². The second kappa shape index (κ2) is 8.89. The number of amides is 1. The molecule has 0 N–H and O–H groups in total. The summed E-state index contributed by atoms with van der Waals surface area (Å²) in [5, 5.41) is 0. The van der Waals surface area contributed by atoms with E-state index in [-0.39, 0.29) is 11.8 Å². The standard InChI is InChI=1S/C17H20NO2.ClHO4/c1-12-11-15(13(2)17(19)18(12)3)8-5-14-6-9-16(20-4)10-7-14;2-1(3,4)5/h5-11,13H,1-4H3;(H,2,3,4,5)/q+1;/p-1/b8-5+;. The van der Waals surface area contributed by atoms with Gasteiger partial charge in [0.2, 0.25) is 0 Å². The molecule has 136 valence electrons. The van der Waals surface area contributed by atoms with E-state index in [1.54, 1.807) is 11.7 Å². The van der Waals surface area contributed by atoms with Crippen LogP contribution < -0.4 is 23.4 Å². The maximum atomic E-state index is 12.1. The lowest BCUT2D eigenvalue weighted by Crippen LogP contribution is -2.68. The molecule has 0 radical (unpaired) electrons. The van der Waals surface area contributed by atoms with Crippen LogP contribution in [0.15, 0.2) is 42.0 Å². The maximum absolute atomic E-state index is 12.1. The average molecular weight is 370 g/mol. The third kappa shape index (κ3) is 7.16. The van der Waals surface area contributed by atoms with Crippen molar-refractivity contribution in [2.75, 3.05) is 14.2 Å². The highest BCUT2D eigenvalue weighted by Gasteiger charge is 2.30. The molecule has 1 unspecified atom stereocenters. The van der Waals surface area contributed by atoms with E-state index < -0.39 is 10.2 Å². The lowest BCUT2D eigenvalue weighted by Gasteiger charge is -2.17. The van der Waals surface area contributed by atoms with Gasteiger partial charge in [-0.3, -0.25) is 0 Å². The highest BCUT2D eigenvalue weighted by molar-refractivity contribution is 5.97. The Morgan fingerprint density at radius 3 is 2.12 bits per heavy atom. The van der Waals surface area contributed by atoms with Crippen molar-refractivity contribution < 1.29 is 43.0 Å². The fourth-order valence-corrected chi connectivity index (χ4v) is 2.17. The van der Waals surface area contributed by atoms with Crippen molar-refractivity contribution in [2.45, 2.75) is 13.8 Å². The van der Waals surface area contributed by atoms with Gasteiger partial charge in [-0.2, -0.15) is 4.58 Å². The van der Waals surface area contributed by atoms with Gasteiger partial charge in [-0.05, 0) is 30.2 Å². The second-order valence-electron chi connectivity index (χ2n) is 5.39. The van der Waals surface area contributed by atoms with Crippen LogP contribution in [0.1, 0.15) is 19.4 Å². The van der Waals surface area contributed by atoms with E-state index >= 15 is 0 Å². The van der Waals surface area contributed by atoms with Crippen LogP contribution in [0.3, 0.4) is 0 Å². The van der Waals surface area contributed by atoms with Gasteiger partial charge in [0.1, 0.15) is 18.7 Å². The zero-order valence-corrected chi connectivity index (χ0v) is 15.1. The van der Waals surface area contributed by atoms with Gasteiger partial charge in [0.25, 0.3) is 0 Å². The second-order valence-corrected chi connectivity index (χ2v) is 6.15. The summed E-state index contributed by atoms with van der Waals surface area (Å²) in [6.45, 7) is 3.89. The summed E-state index contributed by atoms with van der Waals surface area (Å²) in [7, 11) is -1.48. The largest absolute Gasteiger partial charge is 0.497 e. The summed E-state index contributed by atoms with van der Waals surface area (Å²) in [6.07, 6.45) is 6.10. The number of benzene rings is 1. The monoisotopic (exact) mass is 369 g/mol. The Balaban J connectivity index is 0.000000550. The Hall–Kier alpha value is -2.03. The maximum Gasteiger partial charge on any atom is 0.394 e. The van der Waals surface area contributed by atoms with Gasteiger partial charge in [0.05, 0.1) is 7.11 Å². The van der Waals surface area contributed by atoms with Gasteiger partial charge < -0.3 is 4.74 Å². The summed E-state index contributed by atoms with van der Waals surface area (Å²) >= 11 is 0. The lowest BCUT2D eigenvalue weighted by atomic mass is 9.94. The van der Waals surface area contributed by atoms with Crippen LogP contribution in [-0.4, -0.2) is 30.4 Å². The molecule has 1 aromatic carbocycles. The van der Waals surface area contributed by atoms with Crippen LogP contribution in [0.5, 0.6) is 5.75 Å². The van der Waals surface area contributed by atoms with Gasteiger partial charge >= 0.3 is 5.91 Å². The van der Waals surface area contributed by atoms with Crippen LogP contribution in [-0.2, 0) is 4.79 Å². The van der Waals surface area contributed by atoms with Crippen LogP contribution in [0, 0.1) is 16.2 Å². The van der Waals surface area contributed by atoms with Crippen molar-refractivity contribution in [2.24, 2.45) is 5.92 Å². The molecular weight excluding hydrogens is 350 g/mol. The third-order valence-corrected chi connectivity index (χ3v) is 3.69. The number of ether oxygens (including phenoxy) is 1. The molecule has 0 aromatic heterocycles. The summed E-state index contributed by atoms with van der Waals surface area (Å²) in [4.78, 5) is 12.1. The van der Waals surface area contributed by atoms with Gasteiger partial charge in [-0.15, -0.1) is 10.2 Å². The number of carbonyl (C=O) groups excluding carboxylic acids is 1. The minimum absolute atomic E-state index is 0.0989. The van der Waals surface area contributed by atoms with E-state index in [9.17, 15) is 4.79 Å². The molecule has 1 aromatic rings. The lowest BCUT2D eigenvalue weighted by molar-refractivity contribution is -2.00. The molecule has 2 rings (SSSR count). The van der Waals surface area contributed by atoms with E-state index in [0.29, 0.717) is 0 Å². The van der Waals surface area contributed by atoms with E-state index in [1.807, 2.05) is 57.3 Å². The normalized spacial score (nSPS) is 18.0. The van der Waals surface area contributed by atoms with Crippen molar-refractivity contribution in [1.29, 1.82) is 0 Å². The number of hydrogen-bond donors (Lipinski definition) is 0. The van der Waals surface area contributed by atoms with Gasteiger partial charge in [-0.1, -0.05) is 24.3 Å². The Kier molecular flexibility index (Phi) is 7.47. The molecule has 0 spiro atoms. The van der Waals surface area contributed by atoms with E-state index in [2.05, 4.69) is 6.08 Å². The van der Waals surface area contributed by atoms with Crippen LogP contribution in [0.25, 0.3) is 6.08 Å². The molecule has 1 atom stereocenters. The van der Waals surface area contributed by atoms with E-state index in [0.717, 1.165) is 22.6 Å². The first-order chi connectivity index (χ1) is 11.5. The van der Waals surface area contributed by atoms with E-state index in [4.69, 9.17) is 23.4 Å². The zero-order valence-electron chi connectivity index (χ0n) is 14.4. The Labute approximate surface area is 148 Å². The Morgan fingerprint density at radius 1 is 1.12 bits per heavy atom. The number of carbonyl (C=O) groups is 1. The Morgan fingerprint density at radius 2 is 1.64 bits per heavy atom. The summed E-state index contributed by atoms with van der Waals surface area (Å²) in [5.41, 5.74) is 3.10. The number of allylic oxidation sites excluding steroid dienone is 2.